The van der Waals surface area contributed by atoms with Crippen LogP contribution < -0.4 is 5.56 Å². The Balaban J connectivity index is 2.01. The van der Waals surface area contributed by atoms with Gasteiger partial charge in [-0.05, 0) is 39.0 Å². The molecule has 3 rings (SSSR count). The van der Waals surface area contributed by atoms with Gasteiger partial charge in [0.15, 0.2) is 5.69 Å². The van der Waals surface area contributed by atoms with Crippen LogP contribution in [0.2, 0.25) is 0 Å². The van der Waals surface area contributed by atoms with Crippen LogP contribution in [0.5, 0.6) is 0 Å². The highest BCUT2D eigenvalue weighted by Gasteiger charge is 2.29. The average Bonchev–Trinajstić information content (AvgIpc) is 3.00. The van der Waals surface area contributed by atoms with E-state index in [9.17, 15) is 18.0 Å². The zero-order chi connectivity index (χ0) is 20.6. The summed E-state index contributed by atoms with van der Waals surface area (Å²) < 4.78 is 42.7. The molecular formula is C20H21F3N4O. The van der Waals surface area contributed by atoms with E-state index in [1.54, 1.807) is 38.6 Å². The number of aliphatic imine (C=N–C) groups is 1. The van der Waals surface area contributed by atoms with E-state index >= 15 is 0 Å². The molecule has 8 heteroatoms. The molecule has 28 heavy (non-hydrogen) atoms. The Morgan fingerprint density at radius 3 is 2.32 bits per heavy atom. The van der Waals surface area contributed by atoms with Crippen molar-refractivity contribution in [3.05, 3.63) is 69.4 Å². The van der Waals surface area contributed by atoms with E-state index in [4.69, 9.17) is 0 Å². The number of aryl methyl sites for hydroxylation is 1. The summed E-state index contributed by atoms with van der Waals surface area (Å²) in [6.07, 6.45) is -2.85. The number of alkyl halides is 3. The summed E-state index contributed by atoms with van der Waals surface area (Å²) >= 11 is 0. The Kier molecular flexibility index (Phi) is 5.06. The Labute approximate surface area is 160 Å². The lowest BCUT2D eigenvalue weighted by Gasteiger charge is -2.12. The monoisotopic (exact) mass is 390 g/mol. The van der Waals surface area contributed by atoms with Crippen LogP contribution in [0.15, 0.2) is 46.2 Å². The van der Waals surface area contributed by atoms with Crippen LogP contribution in [0.3, 0.4) is 0 Å². The van der Waals surface area contributed by atoms with E-state index in [1.807, 2.05) is 30.3 Å². The van der Waals surface area contributed by atoms with E-state index in [2.05, 4.69) is 4.99 Å². The Morgan fingerprint density at radius 2 is 1.71 bits per heavy atom. The summed E-state index contributed by atoms with van der Waals surface area (Å²) in [6, 6.07) is 10.8. The molecule has 2 heterocycles. The van der Waals surface area contributed by atoms with Crippen molar-refractivity contribution in [2.75, 3.05) is 0 Å². The Hall–Kier alpha value is -3.03. The number of halogens is 3. The maximum absolute atomic E-state index is 12.9. The van der Waals surface area contributed by atoms with E-state index in [1.165, 1.54) is 15.5 Å². The summed E-state index contributed by atoms with van der Waals surface area (Å²) in [7, 11) is 1.76. The molecule has 0 aliphatic heterocycles. The quantitative estimate of drug-likeness (QED) is 0.616. The third-order valence-electron chi connectivity index (χ3n) is 4.81. The molecule has 148 valence electrons. The maximum atomic E-state index is 12.9. The number of aromatic nitrogens is 3. The molecule has 0 saturated heterocycles. The van der Waals surface area contributed by atoms with Crippen molar-refractivity contribution < 1.29 is 13.2 Å². The molecule has 2 aromatic heterocycles. The van der Waals surface area contributed by atoms with Crippen molar-refractivity contribution in [2.24, 2.45) is 12.0 Å². The first-order valence-corrected chi connectivity index (χ1v) is 8.71. The molecule has 0 aliphatic carbocycles. The third-order valence-corrected chi connectivity index (χ3v) is 4.81. The molecule has 0 bridgehead atoms. The molecule has 0 fully saturated rings. The van der Waals surface area contributed by atoms with E-state index < -0.39 is 12.7 Å². The molecule has 5 nitrogen and oxygen atoms in total. The van der Waals surface area contributed by atoms with Crippen LogP contribution in [-0.2, 0) is 13.6 Å². The minimum Gasteiger partial charge on any atom is -0.339 e. The van der Waals surface area contributed by atoms with Gasteiger partial charge >= 0.3 is 6.18 Å². The van der Waals surface area contributed by atoms with Crippen molar-refractivity contribution in [1.29, 1.82) is 0 Å². The van der Waals surface area contributed by atoms with Crippen LogP contribution in [-0.4, -0.2) is 26.3 Å². The fourth-order valence-electron chi connectivity index (χ4n) is 3.22. The first-order valence-electron chi connectivity index (χ1n) is 8.71. The Bertz CT molecular complexity index is 1090. The normalized spacial score (nSPS) is 12.2. The lowest BCUT2D eigenvalue weighted by atomic mass is 10.2. The fraction of sp³-hybridized carbons (Fsp3) is 0.300. The molecular weight excluding hydrogens is 369 g/mol. The lowest BCUT2D eigenvalue weighted by Crippen LogP contribution is -2.19. The molecule has 0 radical (unpaired) electrons. The number of hydrogen-bond donors (Lipinski definition) is 0. The Morgan fingerprint density at radius 1 is 1.07 bits per heavy atom. The highest BCUT2D eigenvalue weighted by atomic mass is 19.4. The van der Waals surface area contributed by atoms with Crippen molar-refractivity contribution >= 4 is 11.9 Å². The van der Waals surface area contributed by atoms with Gasteiger partial charge in [-0.15, -0.1) is 0 Å². The third kappa shape index (κ3) is 3.67. The zero-order valence-electron chi connectivity index (χ0n) is 16.1. The summed E-state index contributed by atoms with van der Waals surface area (Å²) in [6.45, 7) is 3.95. The van der Waals surface area contributed by atoms with Crippen LogP contribution in [0.1, 0.15) is 22.6 Å². The fourth-order valence-corrected chi connectivity index (χ4v) is 3.22. The summed E-state index contributed by atoms with van der Waals surface area (Å²) in [5.74, 6) is 0. The number of para-hydroxylation sites is 1. The van der Waals surface area contributed by atoms with Gasteiger partial charge in [0.2, 0.25) is 0 Å². The van der Waals surface area contributed by atoms with Gasteiger partial charge in [0, 0.05) is 30.2 Å². The molecule has 0 saturated carbocycles. The minimum atomic E-state index is -4.30. The van der Waals surface area contributed by atoms with Gasteiger partial charge in [0.1, 0.15) is 6.54 Å². The van der Waals surface area contributed by atoms with Crippen molar-refractivity contribution in [1.82, 2.24) is 13.9 Å². The molecule has 1 aromatic carbocycles. The van der Waals surface area contributed by atoms with Gasteiger partial charge in [-0.1, -0.05) is 18.2 Å². The van der Waals surface area contributed by atoms with Gasteiger partial charge < -0.3 is 4.57 Å². The summed E-state index contributed by atoms with van der Waals surface area (Å²) in [5.41, 5.74) is 2.84. The molecule has 0 atom stereocenters. The largest absolute Gasteiger partial charge is 0.406 e. The van der Waals surface area contributed by atoms with E-state index in [0.29, 0.717) is 28.3 Å². The van der Waals surface area contributed by atoms with Crippen molar-refractivity contribution in [2.45, 2.75) is 33.5 Å². The van der Waals surface area contributed by atoms with Gasteiger partial charge in [-0.3, -0.25) is 9.48 Å². The SMILES string of the molecule is Cc1cc(C=Nc2c(C)n(C)n(-c3ccccc3)c2=O)c(C)n1CC(F)(F)F. The second-order valence-electron chi connectivity index (χ2n) is 6.70. The van der Waals surface area contributed by atoms with Crippen molar-refractivity contribution in [3.8, 4) is 5.69 Å². The molecule has 3 aromatic rings. The van der Waals surface area contributed by atoms with E-state index in [0.717, 1.165) is 0 Å². The second kappa shape index (κ2) is 7.18. The first-order chi connectivity index (χ1) is 13.1. The highest BCUT2D eigenvalue weighted by molar-refractivity contribution is 5.84. The van der Waals surface area contributed by atoms with Gasteiger partial charge in [-0.2, -0.15) is 13.2 Å². The topological polar surface area (TPSA) is 44.2 Å². The first kappa shape index (κ1) is 19.7. The number of hydrogen-bond acceptors (Lipinski definition) is 2. The lowest BCUT2D eigenvalue weighted by molar-refractivity contribution is -0.141. The van der Waals surface area contributed by atoms with Crippen LogP contribution >= 0.6 is 0 Å². The molecule has 0 unspecified atom stereocenters. The summed E-state index contributed by atoms with van der Waals surface area (Å²) in [4.78, 5) is 17.2. The number of benzene rings is 1. The summed E-state index contributed by atoms with van der Waals surface area (Å²) in [5, 5.41) is 0. The minimum absolute atomic E-state index is 0.256. The number of rotatable bonds is 4. The second-order valence-corrected chi connectivity index (χ2v) is 6.70. The predicted octanol–water partition coefficient (Wildman–Crippen LogP) is 4.22. The molecule has 0 N–H and O–H groups in total. The standard InChI is InChI=1S/C20H21F3N4O/c1-13-10-16(14(2)26(13)12-20(21,22)23)11-24-18-15(3)25(4)27(19(18)28)17-8-6-5-7-9-17/h5-11H,12H2,1-4H3. The van der Waals surface area contributed by atoms with Crippen molar-refractivity contribution in [3.63, 3.8) is 0 Å². The number of nitrogens with zero attached hydrogens (tertiary/aromatic N) is 4. The predicted molar refractivity (Wildman–Crippen MR) is 103 cm³/mol. The van der Waals surface area contributed by atoms with Gasteiger partial charge in [0.25, 0.3) is 5.56 Å². The van der Waals surface area contributed by atoms with E-state index in [-0.39, 0.29) is 11.2 Å². The van der Waals surface area contributed by atoms with Gasteiger partial charge in [-0.25, -0.2) is 9.67 Å². The smallest absolute Gasteiger partial charge is 0.339 e. The zero-order valence-corrected chi connectivity index (χ0v) is 16.1. The molecule has 0 amide bonds. The van der Waals surface area contributed by atoms with Crippen LogP contribution in [0.25, 0.3) is 5.69 Å². The van der Waals surface area contributed by atoms with Gasteiger partial charge in [0.05, 0.1) is 11.4 Å². The highest BCUT2D eigenvalue weighted by Crippen LogP contribution is 2.23. The maximum Gasteiger partial charge on any atom is 0.406 e. The van der Waals surface area contributed by atoms with Crippen LogP contribution in [0, 0.1) is 20.8 Å². The molecule has 0 aliphatic rings. The van der Waals surface area contributed by atoms with Crippen LogP contribution in [0.4, 0.5) is 18.9 Å². The molecule has 0 spiro atoms. The average molecular weight is 390 g/mol.